The maximum atomic E-state index is 11.4. The summed E-state index contributed by atoms with van der Waals surface area (Å²) in [6, 6.07) is 10.2. The van der Waals surface area contributed by atoms with Gasteiger partial charge in [0.05, 0.1) is 0 Å². The summed E-state index contributed by atoms with van der Waals surface area (Å²) in [5.41, 5.74) is 2.67. The number of aromatic amines is 1. The number of benzene rings is 1. The van der Waals surface area contributed by atoms with Crippen molar-refractivity contribution in [3.05, 3.63) is 58.3 Å². The molecular formula is C14H15N5O. The third kappa shape index (κ3) is 2.27. The molecule has 1 unspecified atom stereocenters. The Hall–Kier alpha value is -2.63. The van der Waals surface area contributed by atoms with Crippen molar-refractivity contribution in [2.75, 3.05) is 5.32 Å². The first-order chi connectivity index (χ1) is 9.63. The van der Waals surface area contributed by atoms with Crippen molar-refractivity contribution in [1.82, 2.24) is 19.6 Å². The van der Waals surface area contributed by atoms with E-state index >= 15 is 0 Å². The molecule has 102 valence electrons. The summed E-state index contributed by atoms with van der Waals surface area (Å²) >= 11 is 0. The van der Waals surface area contributed by atoms with Crippen LogP contribution in [0.2, 0.25) is 0 Å². The first kappa shape index (κ1) is 12.4. The average molecular weight is 269 g/mol. The van der Waals surface area contributed by atoms with Gasteiger partial charge in [-0.3, -0.25) is 0 Å². The Balaban J connectivity index is 1.85. The van der Waals surface area contributed by atoms with Crippen LogP contribution in [0.4, 0.5) is 5.82 Å². The van der Waals surface area contributed by atoms with Crippen LogP contribution in [0, 0.1) is 6.92 Å². The summed E-state index contributed by atoms with van der Waals surface area (Å²) in [6.07, 6.45) is 1.46. The van der Waals surface area contributed by atoms with E-state index in [2.05, 4.69) is 58.6 Å². The number of aromatic nitrogens is 4. The molecule has 1 aromatic carbocycles. The predicted octanol–water partition coefficient (Wildman–Crippen LogP) is 1.90. The molecule has 2 N–H and O–H groups in total. The van der Waals surface area contributed by atoms with Gasteiger partial charge >= 0.3 is 5.69 Å². The topological polar surface area (TPSA) is 75.1 Å². The summed E-state index contributed by atoms with van der Waals surface area (Å²) in [5.74, 6) is 0.685. The summed E-state index contributed by atoms with van der Waals surface area (Å²) in [7, 11) is 0. The fourth-order valence-electron chi connectivity index (χ4n) is 2.05. The number of H-pyrrole nitrogens is 1. The monoisotopic (exact) mass is 269 g/mol. The second kappa shape index (κ2) is 4.80. The molecule has 0 aliphatic heterocycles. The third-order valence-corrected chi connectivity index (χ3v) is 3.25. The van der Waals surface area contributed by atoms with E-state index < -0.39 is 0 Å². The first-order valence-corrected chi connectivity index (χ1v) is 6.39. The molecule has 0 fully saturated rings. The zero-order chi connectivity index (χ0) is 14.1. The molecule has 0 aliphatic rings. The molecule has 6 heteroatoms. The van der Waals surface area contributed by atoms with Gasteiger partial charge in [-0.05, 0) is 19.4 Å². The first-order valence-electron chi connectivity index (χ1n) is 6.39. The Labute approximate surface area is 115 Å². The van der Waals surface area contributed by atoms with Gasteiger partial charge in [-0.15, -0.1) is 0 Å². The number of nitrogens with one attached hydrogen (secondary N) is 2. The molecule has 6 nitrogen and oxygen atoms in total. The van der Waals surface area contributed by atoms with Crippen LogP contribution in [0.5, 0.6) is 0 Å². The van der Waals surface area contributed by atoms with Gasteiger partial charge in [0.1, 0.15) is 12.1 Å². The molecule has 0 radical (unpaired) electrons. The molecular weight excluding hydrogens is 254 g/mol. The van der Waals surface area contributed by atoms with Crippen LogP contribution in [-0.4, -0.2) is 19.6 Å². The highest BCUT2D eigenvalue weighted by atomic mass is 16.1. The van der Waals surface area contributed by atoms with Gasteiger partial charge in [0.25, 0.3) is 0 Å². The number of anilines is 1. The third-order valence-electron chi connectivity index (χ3n) is 3.25. The second-order valence-electron chi connectivity index (χ2n) is 4.81. The Morgan fingerprint density at radius 3 is 2.80 bits per heavy atom. The molecule has 3 aromatic rings. The highest BCUT2D eigenvalue weighted by molar-refractivity contribution is 5.49. The Bertz CT molecular complexity index is 787. The maximum Gasteiger partial charge on any atom is 0.348 e. The molecule has 0 aliphatic carbocycles. The van der Waals surface area contributed by atoms with Gasteiger partial charge in [-0.2, -0.15) is 5.10 Å². The van der Waals surface area contributed by atoms with Crippen LogP contribution in [0.25, 0.3) is 5.65 Å². The van der Waals surface area contributed by atoms with Crippen molar-refractivity contribution in [3.8, 4) is 0 Å². The summed E-state index contributed by atoms with van der Waals surface area (Å²) in [5, 5.41) is 9.60. The molecule has 20 heavy (non-hydrogen) atoms. The van der Waals surface area contributed by atoms with Crippen LogP contribution in [-0.2, 0) is 0 Å². The molecule has 0 saturated heterocycles. The normalized spacial score (nSPS) is 12.5. The standard InChI is InChI=1S/C14H15N5O/c1-9-3-5-11(6-4-9)10(2)16-12-7-13-17-18-14(20)19(13)8-15-12/h3-8,10,16H,1-2H3,(H,18,20). The lowest BCUT2D eigenvalue weighted by Gasteiger charge is -2.15. The Morgan fingerprint density at radius 1 is 1.30 bits per heavy atom. The number of hydrogen-bond acceptors (Lipinski definition) is 4. The minimum atomic E-state index is -0.286. The lowest BCUT2D eigenvalue weighted by atomic mass is 10.1. The minimum Gasteiger partial charge on any atom is -0.363 e. The van der Waals surface area contributed by atoms with E-state index in [1.54, 1.807) is 6.07 Å². The summed E-state index contributed by atoms with van der Waals surface area (Å²) < 4.78 is 1.36. The van der Waals surface area contributed by atoms with Crippen molar-refractivity contribution in [2.45, 2.75) is 19.9 Å². The van der Waals surface area contributed by atoms with E-state index in [1.165, 1.54) is 21.9 Å². The molecule has 2 aromatic heterocycles. The van der Waals surface area contributed by atoms with Gasteiger partial charge < -0.3 is 5.32 Å². The largest absolute Gasteiger partial charge is 0.363 e. The van der Waals surface area contributed by atoms with E-state index in [4.69, 9.17) is 0 Å². The maximum absolute atomic E-state index is 11.4. The van der Waals surface area contributed by atoms with Gasteiger partial charge in [0, 0.05) is 12.1 Å². The highest BCUT2D eigenvalue weighted by Crippen LogP contribution is 2.18. The predicted molar refractivity (Wildman–Crippen MR) is 76.8 cm³/mol. The van der Waals surface area contributed by atoms with Crippen LogP contribution in [0.1, 0.15) is 24.1 Å². The Morgan fingerprint density at radius 2 is 2.05 bits per heavy atom. The van der Waals surface area contributed by atoms with Crippen LogP contribution in [0.15, 0.2) is 41.5 Å². The number of rotatable bonds is 3. The van der Waals surface area contributed by atoms with Crippen molar-refractivity contribution < 1.29 is 0 Å². The van der Waals surface area contributed by atoms with Crippen LogP contribution >= 0.6 is 0 Å². The lowest BCUT2D eigenvalue weighted by molar-refractivity contribution is 0.869. The Kier molecular flexibility index (Phi) is 2.98. The van der Waals surface area contributed by atoms with E-state index in [0.717, 1.165) is 0 Å². The summed E-state index contributed by atoms with van der Waals surface area (Å²) in [6.45, 7) is 4.12. The van der Waals surface area contributed by atoms with Crippen molar-refractivity contribution >= 4 is 11.5 Å². The minimum absolute atomic E-state index is 0.121. The molecule has 1 atom stereocenters. The molecule has 0 saturated carbocycles. The van der Waals surface area contributed by atoms with Gasteiger partial charge in [-0.1, -0.05) is 29.8 Å². The average Bonchev–Trinajstić information content (AvgIpc) is 2.81. The van der Waals surface area contributed by atoms with E-state index in [1.807, 2.05) is 0 Å². The second-order valence-corrected chi connectivity index (χ2v) is 4.81. The van der Waals surface area contributed by atoms with E-state index in [-0.39, 0.29) is 11.7 Å². The fourth-order valence-corrected chi connectivity index (χ4v) is 2.05. The molecule has 3 rings (SSSR count). The molecule has 0 bridgehead atoms. The zero-order valence-electron chi connectivity index (χ0n) is 11.3. The van der Waals surface area contributed by atoms with Crippen LogP contribution < -0.4 is 11.0 Å². The molecule has 0 spiro atoms. The number of fused-ring (bicyclic) bond motifs is 1. The van der Waals surface area contributed by atoms with Gasteiger partial charge in [0.2, 0.25) is 0 Å². The number of hydrogen-bond donors (Lipinski definition) is 2. The van der Waals surface area contributed by atoms with Crippen molar-refractivity contribution in [1.29, 1.82) is 0 Å². The molecule has 2 heterocycles. The number of nitrogens with zero attached hydrogens (tertiary/aromatic N) is 3. The quantitative estimate of drug-likeness (QED) is 0.761. The van der Waals surface area contributed by atoms with Gasteiger partial charge in [-0.25, -0.2) is 19.3 Å². The fraction of sp³-hybridized carbons (Fsp3) is 0.214. The van der Waals surface area contributed by atoms with Gasteiger partial charge in [0.15, 0.2) is 5.65 Å². The SMILES string of the molecule is Cc1ccc(C(C)Nc2cc3n[nH]c(=O)n3cn2)cc1. The number of aryl methyl sites for hydroxylation is 1. The smallest absolute Gasteiger partial charge is 0.348 e. The lowest BCUT2D eigenvalue weighted by Crippen LogP contribution is -2.11. The van der Waals surface area contributed by atoms with Crippen LogP contribution in [0.3, 0.4) is 0 Å². The highest BCUT2D eigenvalue weighted by Gasteiger charge is 2.07. The summed E-state index contributed by atoms with van der Waals surface area (Å²) in [4.78, 5) is 15.6. The van der Waals surface area contributed by atoms with Crippen molar-refractivity contribution in [3.63, 3.8) is 0 Å². The van der Waals surface area contributed by atoms with E-state index in [9.17, 15) is 4.79 Å². The zero-order valence-corrected chi connectivity index (χ0v) is 11.3. The van der Waals surface area contributed by atoms with E-state index in [0.29, 0.717) is 11.5 Å². The van der Waals surface area contributed by atoms with Crippen molar-refractivity contribution in [2.24, 2.45) is 0 Å². The molecule has 0 amide bonds.